The summed E-state index contributed by atoms with van der Waals surface area (Å²) in [7, 11) is 1.63. The molecule has 0 spiro atoms. The third kappa shape index (κ3) is 2.11. The standard InChI is InChI=1S/C12H17FN2O/c1-16-11-4-2-3-10(7-11)15-6-5-12(13,8-14)9-15/h2-4,7H,5-6,8-9,14H2,1H3. The summed E-state index contributed by atoms with van der Waals surface area (Å²) >= 11 is 0. The van der Waals surface area contributed by atoms with E-state index in [0.29, 0.717) is 19.5 Å². The molecule has 2 N–H and O–H groups in total. The first kappa shape index (κ1) is 11.2. The Labute approximate surface area is 95.0 Å². The van der Waals surface area contributed by atoms with Crippen LogP contribution in [0.25, 0.3) is 0 Å². The lowest BCUT2D eigenvalue weighted by molar-refractivity contribution is 0.204. The van der Waals surface area contributed by atoms with Gasteiger partial charge in [-0.05, 0) is 12.1 Å². The highest BCUT2D eigenvalue weighted by Crippen LogP contribution is 2.30. The van der Waals surface area contributed by atoms with Gasteiger partial charge in [-0.1, -0.05) is 6.07 Å². The summed E-state index contributed by atoms with van der Waals surface area (Å²) < 4.78 is 19.1. The third-order valence-electron chi connectivity index (χ3n) is 3.09. The predicted molar refractivity (Wildman–Crippen MR) is 62.7 cm³/mol. The Morgan fingerprint density at radius 1 is 1.56 bits per heavy atom. The minimum Gasteiger partial charge on any atom is -0.497 e. The highest BCUT2D eigenvalue weighted by atomic mass is 19.1. The third-order valence-corrected chi connectivity index (χ3v) is 3.09. The zero-order valence-corrected chi connectivity index (χ0v) is 9.45. The van der Waals surface area contributed by atoms with Crippen molar-refractivity contribution in [2.75, 3.05) is 31.6 Å². The molecule has 1 saturated heterocycles. The Bertz CT molecular complexity index is 372. The molecule has 1 aliphatic heterocycles. The van der Waals surface area contributed by atoms with Gasteiger partial charge in [-0.3, -0.25) is 0 Å². The molecule has 1 aliphatic rings. The molecular weight excluding hydrogens is 207 g/mol. The van der Waals surface area contributed by atoms with E-state index in [1.54, 1.807) is 7.11 Å². The van der Waals surface area contributed by atoms with Crippen molar-refractivity contribution in [2.45, 2.75) is 12.1 Å². The summed E-state index contributed by atoms with van der Waals surface area (Å²) in [5.74, 6) is 0.793. The van der Waals surface area contributed by atoms with Crippen molar-refractivity contribution in [3.8, 4) is 5.75 Å². The van der Waals surface area contributed by atoms with Crippen molar-refractivity contribution in [2.24, 2.45) is 5.73 Å². The predicted octanol–water partition coefficient (Wildman–Crippen LogP) is 1.57. The first-order chi connectivity index (χ1) is 7.67. The first-order valence-electron chi connectivity index (χ1n) is 5.45. The van der Waals surface area contributed by atoms with Crippen LogP contribution in [0.2, 0.25) is 0 Å². The lowest BCUT2D eigenvalue weighted by atomic mass is 10.1. The molecule has 16 heavy (non-hydrogen) atoms. The molecule has 1 aromatic rings. The van der Waals surface area contributed by atoms with Crippen LogP contribution in [0.4, 0.5) is 10.1 Å². The second-order valence-electron chi connectivity index (χ2n) is 4.23. The van der Waals surface area contributed by atoms with Crippen molar-refractivity contribution in [1.82, 2.24) is 0 Å². The van der Waals surface area contributed by atoms with E-state index in [-0.39, 0.29) is 6.54 Å². The van der Waals surface area contributed by atoms with Gasteiger partial charge in [0.2, 0.25) is 0 Å². The number of nitrogens with zero attached hydrogens (tertiary/aromatic N) is 1. The van der Waals surface area contributed by atoms with E-state index in [1.807, 2.05) is 29.2 Å². The monoisotopic (exact) mass is 224 g/mol. The number of alkyl halides is 1. The Kier molecular flexibility index (Phi) is 3.01. The summed E-state index contributed by atoms with van der Waals surface area (Å²) in [5, 5.41) is 0. The van der Waals surface area contributed by atoms with Crippen LogP contribution in [0.3, 0.4) is 0 Å². The number of nitrogens with two attached hydrogens (primary N) is 1. The summed E-state index contributed by atoms with van der Waals surface area (Å²) in [6.45, 7) is 1.17. The normalized spacial score (nSPS) is 24.8. The van der Waals surface area contributed by atoms with Crippen molar-refractivity contribution < 1.29 is 9.13 Å². The number of hydrogen-bond donors (Lipinski definition) is 1. The molecule has 3 nitrogen and oxygen atoms in total. The molecule has 1 heterocycles. The van der Waals surface area contributed by atoms with Crippen molar-refractivity contribution in [1.29, 1.82) is 0 Å². The van der Waals surface area contributed by atoms with Crippen molar-refractivity contribution in [3.63, 3.8) is 0 Å². The van der Waals surface area contributed by atoms with E-state index in [1.165, 1.54) is 0 Å². The van der Waals surface area contributed by atoms with Gasteiger partial charge in [-0.15, -0.1) is 0 Å². The number of methoxy groups -OCH3 is 1. The van der Waals surface area contributed by atoms with Gasteiger partial charge in [-0.25, -0.2) is 4.39 Å². The maximum Gasteiger partial charge on any atom is 0.142 e. The largest absolute Gasteiger partial charge is 0.497 e. The summed E-state index contributed by atoms with van der Waals surface area (Å²) in [6.07, 6.45) is 0.501. The molecule has 1 atom stereocenters. The van der Waals surface area contributed by atoms with E-state index in [0.717, 1.165) is 11.4 Å². The lowest BCUT2D eigenvalue weighted by Crippen LogP contribution is -2.36. The van der Waals surface area contributed by atoms with Crippen LogP contribution in [-0.2, 0) is 0 Å². The topological polar surface area (TPSA) is 38.5 Å². The second-order valence-corrected chi connectivity index (χ2v) is 4.23. The fraction of sp³-hybridized carbons (Fsp3) is 0.500. The number of hydrogen-bond acceptors (Lipinski definition) is 3. The Balaban J connectivity index is 2.14. The average Bonchev–Trinajstić information content (AvgIpc) is 2.73. The average molecular weight is 224 g/mol. The fourth-order valence-electron chi connectivity index (χ4n) is 2.03. The molecule has 88 valence electrons. The molecular formula is C12H17FN2O. The molecule has 0 aliphatic carbocycles. The minimum absolute atomic E-state index is 0.0907. The maximum absolute atomic E-state index is 14.0. The highest BCUT2D eigenvalue weighted by molar-refractivity contribution is 5.52. The Morgan fingerprint density at radius 3 is 3.00 bits per heavy atom. The highest BCUT2D eigenvalue weighted by Gasteiger charge is 2.37. The Morgan fingerprint density at radius 2 is 2.38 bits per heavy atom. The van der Waals surface area contributed by atoms with Crippen molar-refractivity contribution >= 4 is 5.69 Å². The van der Waals surface area contributed by atoms with Gasteiger partial charge in [0.1, 0.15) is 11.4 Å². The van der Waals surface area contributed by atoms with Crippen LogP contribution in [0.5, 0.6) is 5.75 Å². The second kappa shape index (κ2) is 4.29. The smallest absolute Gasteiger partial charge is 0.142 e. The van der Waals surface area contributed by atoms with Gasteiger partial charge < -0.3 is 15.4 Å². The van der Waals surface area contributed by atoms with Gasteiger partial charge in [0.25, 0.3) is 0 Å². The van der Waals surface area contributed by atoms with Gasteiger partial charge in [0, 0.05) is 31.3 Å². The maximum atomic E-state index is 14.0. The van der Waals surface area contributed by atoms with E-state index >= 15 is 0 Å². The van der Waals surface area contributed by atoms with Crippen LogP contribution in [0, 0.1) is 0 Å². The molecule has 0 saturated carbocycles. The summed E-state index contributed by atoms with van der Waals surface area (Å²) in [5.41, 5.74) is 5.20. The number of ether oxygens (including phenoxy) is 1. The first-order valence-corrected chi connectivity index (χ1v) is 5.45. The van der Waals surface area contributed by atoms with Crippen LogP contribution in [0.1, 0.15) is 6.42 Å². The van der Waals surface area contributed by atoms with Crippen LogP contribution in [-0.4, -0.2) is 32.4 Å². The van der Waals surface area contributed by atoms with E-state index in [9.17, 15) is 4.39 Å². The van der Waals surface area contributed by atoms with E-state index < -0.39 is 5.67 Å². The van der Waals surface area contributed by atoms with Gasteiger partial charge in [0.15, 0.2) is 0 Å². The molecule has 4 heteroatoms. The summed E-state index contributed by atoms with van der Waals surface area (Å²) in [6, 6.07) is 7.67. The van der Waals surface area contributed by atoms with Crippen molar-refractivity contribution in [3.05, 3.63) is 24.3 Å². The SMILES string of the molecule is COc1cccc(N2CCC(F)(CN)C2)c1. The van der Waals surface area contributed by atoms with Crippen LogP contribution >= 0.6 is 0 Å². The molecule has 1 unspecified atom stereocenters. The van der Waals surface area contributed by atoms with Crippen LogP contribution in [0.15, 0.2) is 24.3 Å². The van der Waals surface area contributed by atoms with E-state index in [2.05, 4.69) is 0 Å². The zero-order valence-electron chi connectivity index (χ0n) is 9.45. The molecule has 0 aromatic heterocycles. The molecule has 0 amide bonds. The quantitative estimate of drug-likeness (QED) is 0.847. The Hall–Kier alpha value is -1.29. The van der Waals surface area contributed by atoms with Gasteiger partial charge in [-0.2, -0.15) is 0 Å². The number of anilines is 1. The molecule has 2 rings (SSSR count). The minimum atomic E-state index is -1.23. The van der Waals surface area contributed by atoms with E-state index in [4.69, 9.17) is 10.5 Å². The molecule has 0 radical (unpaired) electrons. The number of halogens is 1. The van der Waals surface area contributed by atoms with Gasteiger partial charge >= 0.3 is 0 Å². The lowest BCUT2D eigenvalue weighted by Gasteiger charge is -2.21. The number of rotatable bonds is 3. The summed E-state index contributed by atoms with van der Waals surface area (Å²) in [4.78, 5) is 2.01. The molecule has 1 aromatic carbocycles. The zero-order chi connectivity index (χ0) is 11.6. The van der Waals surface area contributed by atoms with Gasteiger partial charge in [0.05, 0.1) is 13.7 Å². The van der Waals surface area contributed by atoms with Crippen LogP contribution < -0.4 is 15.4 Å². The molecule has 1 fully saturated rings. The number of benzene rings is 1. The fourth-order valence-corrected chi connectivity index (χ4v) is 2.03. The molecule has 0 bridgehead atoms.